The maximum atomic E-state index is 12.6. The van der Waals surface area contributed by atoms with Crippen molar-refractivity contribution >= 4 is 0 Å². The summed E-state index contributed by atoms with van der Waals surface area (Å²) in [4.78, 5) is 0. The van der Waals surface area contributed by atoms with Gasteiger partial charge in [0.2, 0.25) is 0 Å². The van der Waals surface area contributed by atoms with E-state index in [4.69, 9.17) is 0 Å². The van der Waals surface area contributed by atoms with Gasteiger partial charge in [-0.2, -0.15) is 26.3 Å². The van der Waals surface area contributed by atoms with Crippen LogP contribution in [0.15, 0.2) is 0 Å². The first-order valence-corrected chi connectivity index (χ1v) is 5.90. The predicted molar refractivity (Wildman–Crippen MR) is 59.5 cm³/mol. The average Bonchev–Trinajstić information content (AvgIpc) is 2.07. The Morgan fingerprint density at radius 3 is 1.32 bits per heavy atom. The van der Waals surface area contributed by atoms with Gasteiger partial charge in [0.15, 0.2) is 0 Å². The van der Waals surface area contributed by atoms with E-state index in [9.17, 15) is 31.4 Å². The van der Waals surface area contributed by atoms with Gasteiger partial charge < -0.3 is 5.11 Å². The van der Waals surface area contributed by atoms with E-state index >= 15 is 0 Å². The molecule has 0 aliphatic heterocycles. The molecule has 1 nitrogen and oxygen atoms in total. The zero-order chi connectivity index (χ0) is 15.9. The van der Waals surface area contributed by atoms with Gasteiger partial charge in [-0.25, -0.2) is 0 Å². The maximum absolute atomic E-state index is 12.6. The first-order valence-electron chi connectivity index (χ1n) is 5.90. The highest BCUT2D eigenvalue weighted by Crippen LogP contribution is 2.50. The molecule has 0 aromatic heterocycles. The molecule has 0 saturated carbocycles. The Bertz CT molecular complexity index is 283. The van der Waals surface area contributed by atoms with Crippen molar-refractivity contribution in [1.29, 1.82) is 0 Å². The third-order valence-corrected chi connectivity index (χ3v) is 3.37. The standard InChI is InChI=1S/C12H20F6O/c1-7(2)8(9(3,4)5)6-10(19,11(13,14)15)12(16,17)18/h7-8,19H,6H2,1-5H3. The van der Waals surface area contributed by atoms with Crippen LogP contribution in [-0.2, 0) is 0 Å². The lowest BCUT2D eigenvalue weighted by molar-refractivity contribution is -0.374. The van der Waals surface area contributed by atoms with Crippen LogP contribution in [0.2, 0.25) is 0 Å². The first kappa shape index (κ1) is 18.5. The Kier molecular flexibility index (Phi) is 5.02. The fourth-order valence-corrected chi connectivity index (χ4v) is 2.25. The molecule has 1 atom stereocenters. The van der Waals surface area contributed by atoms with Gasteiger partial charge >= 0.3 is 12.4 Å². The highest BCUT2D eigenvalue weighted by atomic mass is 19.4. The molecule has 0 fully saturated rings. The summed E-state index contributed by atoms with van der Waals surface area (Å²) in [5, 5.41) is 9.22. The summed E-state index contributed by atoms with van der Waals surface area (Å²) < 4.78 is 75.9. The first-order chi connectivity index (χ1) is 8.04. The molecule has 0 amide bonds. The Morgan fingerprint density at radius 2 is 1.16 bits per heavy atom. The van der Waals surface area contributed by atoms with Crippen LogP contribution in [0.4, 0.5) is 26.3 Å². The minimum atomic E-state index is -5.75. The van der Waals surface area contributed by atoms with E-state index in [-0.39, 0.29) is 0 Å². The van der Waals surface area contributed by atoms with Gasteiger partial charge in [-0.05, 0) is 23.7 Å². The normalized spacial score (nSPS) is 16.9. The van der Waals surface area contributed by atoms with Crippen LogP contribution in [0, 0.1) is 17.3 Å². The molecule has 116 valence electrons. The molecule has 0 spiro atoms. The molecule has 0 aromatic rings. The minimum Gasteiger partial charge on any atom is -0.374 e. The van der Waals surface area contributed by atoms with Gasteiger partial charge in [0.1, 0.15) is 0 Å². The van der Waals surface area contributed by atoms with Crippen molar-refractivity contribution in [1.82, 2.24) is 0 Å². The van der Waals surface area contributed by atoms with Crippen molar-refractivity contribution in [2.24, 2.45) is 17.3 Å². The van der Waals surface area contributed by atoms with Crippen LogP contribution in [-0.4, -0.2) is 23.1 Å². The predicted octanol–water partition coefficient (Wildman–Crippen LogP) is 4.55. The molecule has 7 heteroatoms. The molecule has 0 aliphatic carbocycles. The number of aliphatic hydroxyl groups is 1. The summed E-state index contributed by atoms with van der Waals surface area (Å²) in [6.45, 7) is 7.77. The molecule has 0 rings (SSSR count). The highest BCUT2D eigenvalue weighted by molar-refractivity contribution is 4.97. The largest absolute Gasteiger partial charge is 0.426 e. The molecule has 0 heterocycles. The molecule has 0 saturated heterocycles. The SMILES string of the molecule is CC(C)C(CC(O)(C(F)(F)F)C(F)(F)F)C(C)(C)C. The Balaban J connectivity index is 5.59. The van der Waals surface area contributed by atoms with E-state index in [1.54, 1.807) is 34.6 Å². The van der Waals surface area contributed by atoms with Crippen molar-refractivity contribution in [3.05, 3.63) is 0 Å². The molecular formula is C12H20F6O. The number of alkyl halides is 6. The molecule has 1 N–H and O–H groups in total. The van der Waals surface area contributed by atoms with Crippen molar-refractivity contribution in [2.75, 3.05) is 0 Å². The Hall–Kier alpha value is -0.460. The number of hydrogen-bond donors (Lipinski definition) is 1. The lowest BCUT2D eigenvalue weighted by Gasteiger charge is -2.41. The van der Waals surface area contributed by atoms with Crippen LogP contribution in [0.1, 0.15) is 41.0 Å². The van der Waals surface area contributed by atoms with E-state index < -0.39 is 41.6 Å². The monoisotopic (exact) mass is 294 g/mol. The topological polar surface area (TPSA) is 20.2 Å². The summed E-state index contributed by atoms with van der Waals surface area (Å²) in [7, 11) is 0. The van der Waals surface area contributed by atoms with Crippen molar-refractivity contribution in [3.8, 4) is 0 Å². The zero-order valence-electron chi connectivity index (χ0n) is 11.6. The lowest BCUT2D eigenvalue weighted by Crippen LogP contribution is -2.58. The number of hydrogen-bond acceptors (Lipinski definition) is 1. The van der Waals surface area contributed by atoms with E-state index in [1.807, 2.05) is 0 Å². The summed E-state index contributed by atoms with van der Waals surface area (Å²) in [6, 6.07) is 0. The van der Waals surface area contributed by atoms with E-state index in [0.717, 1.165) is 0 Å². The van der Waals surface area contributed by atoms with Gasteiger partial charge in [-0.15, -0.1) is 0 Å². The summed E-state index contributed by atoms with van der Waals surface area (Å²) in [6.07, 6.45) is -12.9. The summed E-state index contributed by atoms with van der Waals surface area (Å²) >= 11 is 0. The molecule has 0 bridgehead atoms. The van der Waals surface area contributed by atoms with Gasteiger partial charge in [-0.3, -0.25) is 0 Å². The molecular weight excluding hydrogens is 274 g/mol. The Morgan fingerprint density at radius 1 is 0.842 bits per heavy atom. The number of halogens is 6. The van der Waals surface area contributed by atoms with Gasteiger partial charge in [0.05, 0.1) is 0 Å². The highest BCUT2D eigenvalue weighted by Gasteiger charge is 2.70. The second-order valence-electron chi connectivity index (χ2n) is 6.28. The fourth-order valence-electron chi connectivity index (χ4n) is 2.25. The maximum Gasteiger partial charge on any atom is 0.426 e. The van der Waals surface area contributed by atoms with Crippen LogP contribution in [0.3, 0.4) is 0 Å². The third-order valence-electron chi connectivity index (χ3n) is 3.37. The van der Waals surface area contributed by atoms with E-state index in [0.29, 0.717) is 0 Å². The minimum absolute atomic E-state index is 0.420. The number of rotatable bonds is 3. The van der Waals surface area contributed by atoms with Gasteiger partial charge in [0.25, 0.3) is 5.60 Å². The third kappa shape index (κ3) is 4.00. The molecule has 1 unspecified atom stereocenters. The lowest BCUT2D eigenvalue weighted by atomic mass is 9.69. The molecule has 19 heavy (non-hydrogen) atoms. The molecule has 0 aliphatic rings. The van der Waals surface area contributed by atoms with Crippen LogP contribution >= 0.6 is 0 Å². The van der Waals surface area contributed by atoms with E-state index in [2.05, 4.69) is 0 Å². The van der Waals surface area contributed by atoms with Gasteiger partial charge in [-0.1, -0.05) is 34.6 Å². The smallest absolute Gasteiger partial charge is 0.374 e. The van der Waals surface area contributed by atoms with E-state index in [1.165, 1.54) is 0 Å². The second-order valence-corrected chi connectivity index (χ2v) is 6.28. The second kappa shape index (κ2) is 5.14. The summed E-state index contributed by atoms with van der Waals surface area (Å²) in [5.74, 6) is -1.35. The quantitative estimate of drug-likeness (QED) is 0.757. The Labute approximate surface area is 109 Å². The fraction of sp³-hybridized carbons (Fsp3) is 1.00. The van der Waals surface area contributed by atoms with Gasteiger partial charge in [0, 0.05) is 0 Å². The molecule has 0 aromatic carbocycles. The zero-order valence-corrected chi connectivity index (χ0v) is 11.6. The van der Waals surface area contributed by atoms with Crippen LogP contribution in [0.5, 0.6) is 0 Å². The van der Waals surface area contributed by atoms with Crippen molar-refractivity contribution in [2.45, 2.75) is 59.0 Å². The van der Waals surface area contributed by atoms with Crippen molar-refractivity contribution < 1.29 is 31.4 Å². The van der Waals surface area contributed by atoms with Crippen LogP contribution in [0.25, 0.3) is 0 Å². The molecule has 0 radical (unpaired) electrons. The van der Waals surface area contributed by atoms with Crippen LogP contribution < -0.4 is 0 Å². The average molecular weight is 294 g/mol. The van der Waals surface area contributed by atoms with Crippen molar-refractivity contribution in [3.63, 3.8) is 0 Å². The summed E-state index contributed by atoms with van der Waals surface area (Å²) in [5.41, 5.74) is -5.44.